The molecule has 0 spiro atoms. The Balaban J connectivity index is 1.73. The molecular weight excluding hydrogens is 348 g/mol. The summed E-state index contributed by atoms with van der Waals surface area (Å²) in [7, 11) is -3.43. The fourth-order valence-corrected chi connectivity index (χ4v) is 4.87. The SMILES string of the molecule is Cc1nnc(SC/C=C/S(=O)(=O)c2ccc3ccccc3c2)s1. The molecule has 7 heteroatoms. The Bertz CT molecular complexity index is 962. The summed E-state index contributed by atoms with van der Waals surface area (Å²) in [5.74, 6) is 0.543. The molecule has 0 amide bonds. The topological polar surface area (TPSA) is 59.9 Å². The minimum absolute atomic E-state index is 0.309. The molecule has 0 aliphatic heterocycles. The molecular formula is C16H14N2O2S3. The first kappa shape index (κ1) is 16.2. The van der Waals surface area contributed by atoms with E-state index in [0.29, 0.717) is 10.6 Å². The van der Waals surface area contributed by atoms with Crippen LogP contribution in [-0.4, -0.2) is 24.4 Å². The monoisotopic (exact) mass is 362 g/mol. The minimum Gasteiger partial charge on any atom is -0.219 e. The van der Waals surface area contributed by atoms with Crippen LogP contribution >= 0.6 is 23.1 Å². The van der Waals surface area contributed by atoms with Gasteiger partial charge >= 0.3 is 0 Å². The van der Waals surface area contributed by atoms with Gasteiger partial charge in [-0.25, -0.2) is 8.42 Å². The predicted octanol–water partition coefficient (Wildman–Crippen LogP) is 4.08. The summed E-state index contributed by atoms with van der Waals surface area (Å²) in [6, 6.07) is 12.9. The van der Waals surface area contributed by atoms with Gasteiger partial charge in [-0.1, -0.05) is 59.5 Å². The van der Waals surface area contributed by atoms with Gasteiger partial charge in [-0.05, 0) is 29.8 Å². The van der Waals surface area contributed by atoms with Crippen LogP contribution in [0.15, 0.2) is 63.2 Å². The molecule has 0 N–H and O–H groups in total. The van der Waals surface area contributed by atoms with Gasteiger partial charge in [0, 0.05) is 11.2 Å². The summed E-state index contributed by atoms with van der Waals surface area (Å²) < 4.78 is 25.6. The number of sulfone groups is 1. The van der Waals surface area contributed by atoms with E-state index in [1.54, 1.807) is 18.2 Å². The molecule has 1 heterocycles. The van der Waals surface area contributed by atoms with Crippen molar-refractivity contribution in [1.29, 1.82) is 0 Å². The molecule has 0 saturated carbocycles. The van der Waals surface area contributed by atoms with E-state index >= 15 is 0 Å². The zero-order chi connectivity index (χ0) is 16.3. The number of fused-ring (bicyclic) bond motifs is 1. The molecule has 0 radical (unpaired) electrons. The molecule has 0 atom stereocenters. The predicted molar refractivity (Wildman–Crippen MR) is 95.6 cm³/mol. The molecule has 0 bridgehead atoms. The summed E-state index contributed by atoms with van der Waals surface area (Å²) in [4.78, 5) is 0.309. The molecule has 0 saturated heterocycles. The molecule has 4 nitrogen and oxygen atoms in total. The number of nitrogens with zero attached hydrogens (tertiary/aromatic N) is 2. The van der Waals surface area contributed by atoms with Crippen molar-refractivity contribution in [1.82, 2.24) is 10.2 Å². The van der Waals surface area contributed by atoms with Gasteiger partial charge < -0.3 is 0 Å². The Hall–Kier alpha value is -1.70. The van der Waals surface area contributed by atoms with Gasteiger partial charge in [-0.3, -0.25) is 0 Å². The average molecular weight is 363 g/mol. The standard InChI is InChI=1S/C16H14N2O2S3/c1-12-17-18-16(22-12)21-9-4-10-23(19,20)15-8-7-13-5-2-3-6-14(13)11-15/h2-8,10-11H,9H2,1H3/b10-4+. The molecule has 0 aliphatic rings. The number of hydrogen-bond acceptors (Lipinski definition) is 6. The first-order valence-electron chi connectivity index (χ1n) is 6.88. The maximum atomic E-state index is 12.4. The second kappa shape index (κ2) is 6.82. The Morgan fingerprint density at radius 2 is 1.91 bits per heavy atom. The highest BCUT2D eigenvalue weighted by Crippen LogP contribution is 2.23. The molecule has 0 unspecified atom stereocenters. The first-order chi connectivity index (χ1) is 11.0. The quantitative estimate of drug-likeness (QED) is 0.640. The first-order valence-corrected chi connectivity index (χ1v) is 10.2. The fourth-order valence-electron chi connectivity index (χ4n) is 2.05. The lowest BCUT2D eigenvalue weighted by atomic mass is 10.1. The van der Waals surface area contributed by atoms with Crippen molar-refractivity contribution in [2.24, 2.45) is 0 Å². The molecule has 118 valence electrons. The van der Waals surface area contributed by atoms with Crippen molar-refractivity contribution in [3.63, 3.8) is 0 Å². The molecule has 23 heavy (non-hydrogen) atoms. The van der Waals surface area contributed by atoms with E-state index in [9.17, 15) is 8.42 Å². The second-order valence-electron chi connectivity index (χ2n) is 4.82. The van der Waals surface area contributed by atoms with E-state index in [2.05, 4.69) is 10.2 Å². The smallest absolute Gasteiger partial charge is 0.199 e. The zero-order valence-electron chi connectivity index (χ0n) is 12.3. The number of aromatic nitrogens is 2. The number of rotatable bonds is 5. The van der Waals surface area contributed by atoms with Crippen molar-refractivity contribution in [3.05, 3.63) is 59.0 Å². The Morgan fingerprint density at radius 3 is 2.65 bits per heavy atom. The highest BCUT2D eigenvalue weighted by Gasteiger charge is 2.10. The van der Waals surface area contributed by atoms with Crippen LogP contribution in [0.25, 0.3) is 10.8 Å². The van der Waals surface area contributed by atoms with Crippen molar-refractivity contribution < 1.29 is 8.42 Å². The van der Waals surface area contributed by atoms with Crippen molar-refractivity contribution >= 4 is 43.7 Å². The van der Waals surface area contributed by atoms with E-state index in [1.807, 2.05) is 37.3 Å². The van der Waals surface area contributed by atoms with Gasteiger partial charge in [-0.15, -0.1) is 10.2 Å². The Labute approximate surface area is 143 Å². The third kappa shape index (κ3) is 3.99. The van der Waals surface area contributed by atoms with Crippen molar-refractivity contribution in [2.75, 3.05) is 5.75 Å². The van der Waals surface area contributed by atoms with Crippen LogP contribution < -0.4 is 0 Å². The third-order valence-corrected chi connectivity index (χ3v) is 6.52. The third-order valence-electron chi connectivity index (χ3n) is 3.14. The largest absolute Gasteiger partial charge is 0.219 e. The van der Waals surface area contributed by atoms with Gasteiger partial charge in [0.1, 0.15) is 5.01 Å². The lowest BCUT2D eigenvalue weighted by Crippen LogP contribution is -1.96. The molecule has 0 aliphatic carbocycles. The van der Waals surface area contributed by atoms with E-state index < -0.39 is 9.84 Å². The van der Waals surface area contributed by atoms with Gasteiger partial charge in [0.05, 0.1) is 4.90 Å². The van der Waals surface area contributed by atoms with E-state index in [1.165, 1.54) is 28.5 Å². The van der Waals surface area contributed by atoms with Crippen molar-refractivity contribution in [2.45, 2.75) is 16.2 Å². The minimum atomic E-state index is -3.43. The lowest BCUT2D eigenvalue weighted by molar-refractivity contribution is 0.604. The number of benzene rings is 2. The molecule has 3 aromatic rings. The Morgan fingerprint density at radius 1 is 1.13 bits per heavy atom. The highest BCUT2D eigenvalue weighted by atomic mass is 32.2. The van der Waals surface area contributed by atoms with Gasteiger partial charge in [0.15, 0.2) is 14.2 Å². The molecule has 3 rings (SSSR count). The summed E-state index contributed by atoms with van der Waals surface area (Å²) in [6.45, 7) is 1.89. The summed E-state index contributed by atoms with van der Waals surface area (Å²) in [5, 5.41) is 12.0. The molecule has 0 fully saturated rings. The summed E-state index contributed by atoms with van der Waals surface area (Å²) in [6.07, 6.45) is 1.64. The average Bonchev–Trinajstić information content (AvgIpc) is 2.96. The summed E-state index contributed by atoms with van der Waals surface area (Å²) in [5.41, 5.74) is 0. The maximum Gasteiger partial charge on any atom is 0.199 e. The number of thioether (sulfide) groups is 1. The lowest BCUT2D eigenvalue weighted by Gasteiger charge is -2.02. The van der Waals surface area contributed by atoms with E-state index in [-0.39, 0.29) is 0 Å². The van der Waals surface area contributed by atoms with Crippen LogP contribution in [0.3, 0.4) is 0 Å². The van der Waals surface area contributed by atoms with Crippen LogP contribution in [0.4, 0.5) is 0 Å². The van der Waals surface area contributed by atoms with Crippen LogP contribution in [0.2, 0.25) is 0 Å². The maximum absolute atomic E-state index is 12.4. The Kier molecular flexibility index (Phi) is 4.79. The molecule has 1 aromatic heterocycles. The zero-order valence-corrected chi connectivity index (χ0v) is 14.8. The van der Waals surface area contributed by atoms with Gasteiger partial charge in [0.2, 0.25) is 0 Å². The van der Waals surface area contributed by atoms with E-state index in [4.69, 9.17) is 0 Å². The highest BCUT2D eigenvalue weighted by molar-refractivity contribution is 8.01. The van der Waals surface area contributed by atoms with Gasteiger partial charge in [-0.2, -0.15) is 0 Å². The van der Waals surface area contributed by atoms with Gasteiger partial charge in [0.25, 0.3) is 0 Å². The van der Waals surface area contributed by atoms with Crippen LogP contribution in [0.1, 0.15) is 5.01 Å². The van der Waals surface area contributed by atoms with Crippen LogP contribution in [-0.2, 0) is 9.84 Å². The second-order valence-corrected chi connectivity index (χ2v) is 9.11. The molecule has 2 aromatic carbocycles. The fraction of sp³-hybridized carbons (Fsp3) is 0.125. The van der Waals surface area contributed by atoms with Crippen LogP contribution in [0, 0.1) is 6.92 Å². The van der Waals surface area contributed by atoms with Crippen molar-refractivity contribution in [3.8, 4) is 0 Å². The van der Waals surface area contributed by atoms with E-state index in [0.717, 1.165) is 20.1 Å². The normalized spacial score (nSPS) is 12.2. The summed E-state index contributed by atoms with van der Waals surface area (Å²) >= 11 is 2.97. The van der Waals surface area contributed by atoms with Crippen LogP contribution in [0.5, 0.6) is 0 Å². The number of aryl methyl sites for hydroxylation is 1. The number of hydrogen-bond donors (Lipinski definition) is 0.